The third-order valence-electron chi connectivity index (χ3n) is 3.57. The zero-order valence-corrected chi connectivity index (χ0v) is 13.6. The number of thiazole rings is 1. The lowest BCUT2D eigenvalue weighted by Crippen LogP contribution is -2.29. The molecule has 1 fully saturated rings. The van der Waals surface area contributed by atoms with E-state index in [-0.39, 0.29) is 17.6 Å². The molecule has 1 aliphatic heterocycles. The van der Waals surface area contributed by atoms with E-state index >= 15 is 0 Å². The molecule has 2 aromatic rings. The first-order chi connectivity index (χ1) is 10.9. The van der Waals surface area contributed by atoms with E-state index in [0.29, 0.717) is 30.4 Å². The molecule has 0 radical (unpaired) electrons. The zero-order valence-electron chi connectivity index (χ0n) is 12.8. The van der Waals surface area contributed by atoms with Crippen LogP contribution in [-0.4, -0.2) is 46.0 Å². The van der Waals surface area contributed by atoms with Gasteiger partial charge in [0.25, 0.3) is 5.91 Å². The summed E-state index contributed by atoms with van der Waals surface area (Å²) >= 11 is 1.30. The third kappa shape index (κ3) is 3.27. The summed E-state index contributed by atoms with van der Waals surface area (Å²) in [6, 6.07) is 3.34. The highest BCUT2D eigenvalue weighted by atomic mass is 32.1. The summed E-state index contributed by atoms with van der Waals surface area (Å²) in [4.78, 5) is 30.0. The van der Waals surface area contributed by atoms with Crippen molar-refractivity contribution in [3.05, 3.63) is 23.6 Å². The van der Waals surface area contributed by atoms with Crippen LogP contribution in [0, 0.1) is 6.92 Å². The van der Waals surface area contributed by atoms with Crippen LogP contribution in [0.2, 0.25) is 0 Å². The monoisotopic (exact) mass is 335 g/mol. The summed E-state index contributed by atoms with van der Waals surface area (Å²) in [5.74, 6) is 0.368. The maximum Gasteiger partial charge on any atom is 0.289 e. The standard InChI is InChI=1S/C15H17N3O4S/c1-8-13(23-15(16-8)17-9(2)19)11-3-4-12(22-11)14(21)18-6-5-10(20)7-18/h3-4,10,20H,5-7H2,1-2H3,(H,16,17,19). The summed E-state index contributed by atoms with van der Waals surface area (Å²) in [6.45, 7) is 4.10. The topological polar surface area (TPSA) is 95.7 Å². The number of aromatic nitrogens is 1. The molecule has 0 bridgehead atoms. The van der Waals surface area contributed by atoms with E-state index in [9.17, 15) is 14.7 Å². The fourth-order valence-electron chi connectivity index (χ4n) is 2.49. The van der Waals surface area contributed by atoms with Crippen LogP contribution in [0.4, 0.5) is 5.13 Å². The number of anilines is 1. The van der Waals surface area contributed by atoms with E-state index in [1.807, 2.05) is 6.92 Å². The van der Waals surface area contributed by atoms with Gasteiger partial charge in [-0.2, -0.15) is 0 Å². The van der Waals surface area contributed by atoms with Crippen molar-refractivity contribution in [2.45, 2.75) is 26.4 Å². The van der Waals surface area contributed by atoms with E-state index in [2.05, 4.69) is 10.3 Å². The molecule has 1 atom stereocenters. The van der Waals surface area contributed by atoms with Crippen LogP contribution in [0.25, 0.3) is 10.6 Å². The molecule has 8 heteroatoms. The number of rotatable bonds is 3. The number of amides is 2. The normalized spacial score (nSPS) is 17.5. The number of nitrogens with zero attached hydrogens (tertiary/aromatic N) is 2. The lowest BCUT2D eigenvalue weighted by Gasteiger charge is -2.13. The largest absolute Gasteiger partial charge is 0.450 e. The fraction of sp³-hybridized carbons (Fsp3) is 0.400. The van der Waals surface area contributed by atoms with Crippen molar-refractivity contribution in [2.75, 3.05) is 18.4 Å². The van der Waals surface area contributed by atoms with Gasteiger partial charge in [-0.05, 0) is 25.5 Å². The zero-order chi connectivity index (χ0) is 16.6. The highest BCUT2D eigenvalue weighted by Crippen LogP contribution is 2.34. The predicted octanol–water partition coefficient (Wildman–Crippen LogP) is 1.88. The van der Waals surface area contributed by atoms with Crippen molar-refractivity contribution in [1.29, 1.82) is 0 Å². The smallest absolute Gasteiger partial charge is 0.289 e. The molecule has 1 saturated heterocycles. The molecule has 2 aromatic heterocycles. The van der Waals surface area contributed by atoms with Crippen LogP contribution in [0.3, 0.4) is 0 Å². The summed E-state index contributed by atoms with van der Waals surface area (Å²) in [7, 11) is 0. The van der Waals surface area contributed by atoms with Crippen LogP contribution in [0.5, 0.6) is 0 Å². The number of aryl methyl sites for hydroxylation is 1. The Bertz CT molecular complexity index is 752. The second-order valence-electron chi connectivity index (χ2n) is 5.47. The molecule has 0 saturated carbocycles. The molecule has 3 rings (SSSR count). The second-order valence-corrected chi connectivity index (χ2v) is 6.47. The third-order valence-corrected chi connectivity index (χ3v) is 4.66. The van der Waals surface area contributed by atoms with Crippen molar-refractivity contribution in [3.63, 3.8) is 0 Å². The van der Waals surface area contributed by atoms with Gasteiger partial charge in [0, 0.05) is 20.0 Å². The molecule has 1 aliphatic rings. The lowest BCUT2D eigenvalue weighted by molar-refractivity contribution is -0.114. The Morgan fingerprint density at radius 2 is 2.26 bits per heavy atom. The van der Waals surface area contributed by atoms with Gasteiger partial charge in [0.1, 0.15) is 5.76 Å². The summed E-state index contributed by atoms with van der Waals surface area (Å²) in [5.41, 5.74) is 0.726. The first-order valence-electron chi connectivity index (χ1n) is 7.26. The maximum absolute atomic E-state index is 12.3. The molecular formula is C15H17N3O4S. The van der Waals surface area contributed by atoms with Crippen LogP contribution in [0.15, 0.2) is 16.5 Å². The van der Waals surface area contributed by atoms with Gasteiger partial charge in [-0.1, -0.05) is 11.3 Å². The number of aliphatic hydroxyl groups is 1. The molecule has 0 aliphatic carbocycles. The minimum absolute atomic E-state index is 0.187. The molecule has 122 valence electrons. The van der Waals surface area contributed by atoms with Gasteiger partial charge in [0.05, 0.1) is 16.7 Å². The van der Waals surface area contributed by atoms with Crippen LogP contribution in [0.1, 0.15) is 29.6 Å². The first-order valence-corrected chi connectivity index (χ1v) is 8.08. The SMILES string of the molecule is CC(=O)Nc1nc(C)c(-c2ccc(C(=O)N3CCC(O)C3)o2)s1. The minimum atomic E-state index is -0.461. The van der Waals surface area contributed by atoms with Gasteiger partial charge in [-0.25, -0.2) is 4.98 Å². The number of hydrogen-bond acceptors (Lipinski definition) is 6. The Hall–Kier alpha value is -2.19. The van der Waals surface area contributed by atoms with Crippen LogP contribution in [-0.2, 0) is 4.79 Å². The fourth-order valence-corrected chi connectivity index (χ4v) is 3.46. The number of hydrogen-bond donors (Lipinski definition) is 2. The van der Waals surface area contributed by atoms with Crippen molar-refractivity contribution in [1.82, 2.24) is 9.88 Å². The number of furan rings is 1. The van der Waals surface area contributed by atoms with Crippen molar-refractivity contribution in [3.8, 4) is 10.6 Å². The Balaban J connectivity index is 1.80. The molecule has 2 N–H and O–H groups in total. The van der Waals surface area contributed by atoms with E-state index in [4.69, 9.17) is 4.42 Å². The minimum Gasteiger partial charge on any atom is -0.450 e. The number of aliphatic hydroxyl groups excluding tert-OH is 1. The molecule has 2 amide bonds. The Morgan fingerprint density at radius 1 is 1.48 bits per heavy atom. The number of carbonyl (C=O) groups excluding carboxylic acids is 2. The molecule has 7 nitrogen and oxygen atoms in total. The summed E-state index contributed by atoms with van der Waals surface area (Å²) in [5, 5.41) is 12.7. The van der Waals surface area contributed by atoms with Crippen molar-refractivity contribution >= 4 is 28.3 Å². The number of likely N-dealkylation sites (tertiary alicyclic amines) is 1. The number of nitrogens with one attached hydrogen (secondary N) is 1. The number of carbonyl (C=O) groups is 2. The summed E-state index contributed by atoms with van der Waals surface area (Å²) < 4.78 is 5.66. The highest BCUT2D eigenvalue weighted by molar-refractivity contribution is 7.19. The lowest BCUT2D eigenvalue weighted by atomic mass is 10.3. The Labute approximate surface area is 136 Å². The quantitative estimate of drug-likeness (QED) is 0.893. The van der Waals surface area contributed by atoms with Gasteiger partial charge < -0.3 is 19.7 Å². The van der Waals surface area contributed by atoms with Gasteiger partial charge in [-0.3, -0.25) is 9.59 Å². The molecule has 0 spiro atoms. The van der Waals surface area contributed by atoms with Gasteiger partial charge in [0.2, 0.25) is 5.91 Å². The van der Waals surface area contributed by atoms with Gasteiger partial charge in [0.15, 0.2) is 10.9 Å². The molecule has 3 heterocycles. The average Bonchev–Trinajstić information content (AvgIpc) is 3.17. The van der Waals surface area contributed by atoms with Gasteiger partial charge in [-0.15, -0.1) is 0 Å². The Morgan fingerprint density at radius 3 is 2.91 bits per heavy atom. The van der Waals surface area contributed by atoms with E-state index in [0.717, 1.165) is 10.6 Å². The first kappa shape index (κ1) is 15.7. The Kier molecular flexibility index (Phi) is 4.18. The molecule has 0 aromatic carbocycles. The summed E-state index contributed by atoms with van der Waals surface area (Å²) in [6.07, 6.45) is 0.130. The predicted molar refractivity (Wildman–Crippen MR) is 85.4 cm³/mol. The highest BCUT2D eigenvalue weighted by Gasteiger charge is 2.27. The van der Waals surface area contributed by atoms with E-state index in [1.165, 1.54) is 18.3 Å². The van der Waals surface area contributed by atoms with Crippen molar-refractivity contribution < 1.29 is 19.1 Å². The second kappa shape index (κ2) is 6.13. The van der Waals surface area contributed by atoms with Crippen LogP contribution >= 0.6 is 11.3 Å². The maximum atomic E-state index is 12.3. The van der Waals surface area contributed by atoms with Gasteiger partial charge >= 0.3 is 0 Å². The van der Waals surface area contributed by atoms with E-state index < -0.39 is 6.10 Å². The van der Waals surface area contributed by atoms with E-state index in [1.54, 1.807) is 17.0 Å². The van der Waals surface area contributed by atoms with Crippen molar-refractivity contribution in [2.24, 2.45) is 0 Å². The molecule has 1 unspecified atom stereocenters. The average molecular weight is 335 g/mol. The number of β-amino-alcohol motifs (C(OH)–C–C–N with tert-alkyl or cyclic N) is 1. The molecular weight excluding hydrogens is 318 g/mol. The van der Waals surface area contributed by atoms with Crippen LogP contribution < -0.4 is 5.32 Å². The molecule has 23 heavy (non-hydrogen) atoms.